The summed E-state index contributed by atoms with van der Waals surface area (Å²) in [5, 5.41) is 9.55. The molecule has 4 aromatic rings. The van der Waals surface area contributed by atoms with E-state index in [0.29, 0.717) is 10.7 Å². The van der Waals surface area contributed by atoms with E-state index in [9.17, 15) is 18.3 Å². The molecule has 2 N–H and O–H groups in total. The molecule has 0 aliphatic carbocycles. The number of hydrogen-bond donors (Lipinski definition) is 2. The number of nitrogens with one attached hydrogen (secondary N) is 1. The number of halogens is 1. The van der Waals surface area contributed by atoms with Gasteiger partial charge in [-0.05, 0) is 47.0 Å². The maximum Gasteiger partial charge on any atom is 0.323 e. The zero-order valence-corrected chi connectivity index (χ0v) is 21.4. The lowest BCUT2D eigenvalue weighted by Gasteiger charge is -2.24. The average molecular weight is 570 g/mol. The Balaban J connectivity index is 1.63. The number of aromatic nitrogens is 2. The standard InChI is InChI=1S/C25H20BrN3O4S2/c26-20-11-7-17(8-12-20)18-9-13-21(14-10-18)35(32,33)29-22(24(30)31)23(19-5-2-1-3-6-19)34-25-27-15-4-16-28-25/h1-16,22-23,29H,(H,30,31)/t22-,23-/m1/s1. The van der Waals surface area contributed by atoms with Gasteiger partial charge in [0.2, 0.25) is 10.0 Å². The Morgan fingerprint density at radius 1 is 0.857 bits per heavy atom. The van der Waals surface area contributed by atoms with Crippen molar-refractivity contribution in [2.75, 3.05) is 0 Å². The molecule has 0 unspecified atom stereocenters. The van der Waals surface area contributed by atoms with Gasteiger partial charge in [0.1, 0.15) is 6.04 Å². The van der Waals surface area contributed by atoms with Gasteiger partial charge in [0, 0.05) is 16.9 Å². The van der Waals surface area contributed by atoms with E-state index in [4.69, 9.17) is 0 Å². The second-order valence-electron chi connectivity index (χ2n) is 7.45. The molecule has 35 heavy (non-hydrogen) atoms. The Kier molecular flexibility index (Phi) is 7.97. The highest BCUT2D eigenvalue weighted by molar-refractivity contribution is 9.10. The Bertz CT molecular complexity index is 1390. The smallest absolute Gasteiger partial charge is 0.323 e. The van der Waals surface area contributed by atoms with Crippen molar-refractivity contribution in [1.29, 1.82) is 0 Å². The number of benzene rings is 3. The van der Waals surface area contributed by atoms with Crippen LogP contribution in [0.5, 0.6) is 0 Å². The van der Waals surface area contributed by atoms with E-state index in [-0.39, 0.29) is 4.90 Å². The summed E-state index contributed by atoms with van der Waals surface area (Å²) in [4.78, 5) is 20.6. The monoisotopic (exact) mass is 569 g/mol. The van der Waals surface area contributed by atoms with Crippen LogP contribution in [0, 0.1) is 0 Å². The van der Waals surface area contributed by atoms with Crippen molar-refractivity contribution in [2.24, 2.45) is 0 Å². The zero-order valence-electron chi connectivity index (χ0n) is 18.2. The third-order valence-corrected chi connectivity index (χ3v) is 8.30. The number of aliphatic carboxylic acids is 1. The Hall–Kier alpha value is -3.05. The summed E-state index contributed by atoms with van der Waals surface area (Å²) in [5.41, 5.74) is 2.40. The van der Waals surface area contributed by atoms with Crippen molar-refractivity contribution < 1.29 is 18.3 Å². The summed E-state index contributed by atoms with van der Waals surface area (Å²) in [5.74, 6) is -1.31. The van der Waals surface area contributed by atoms with Crippen LogP contribution in [0.4, 0.5) is 0 Å². The van der Waals surface area contributed by atoms with Crippen LogP contribution in [0.3, 0.4) is 0 Å². The van der Waals surface area contributed by atoms with Gasteiger partial charge in [0.05, 0.1) is 10.1 Å². The summed E-state index contributed by atoms with van der Waals surface area (Å²) in [6.45, 7) is 0. The van der Waals surface area contributed by atoms with E-state index in [1.54, 1.807) is 60.9 Å². The molecule has 0 saturated heterocycles. The second kappa shape index (κ2) is 11.1. The zero-order chi connectivity index (χ0) is 24.8. The van der Waals surface area contributed by atoms with Gasteiger partial charge >= 0.3 is 5.97 Å². The van der Waals surface area contributed by atoms with Crippen LogP contribution in [-0.4, -0.2) is 35.5 Å². The molecule has 3 aromatic carbocycles. The van der Waals surface area contributed by atoms with Crippen LogP contribution in [0.1, 0.15) is 10.8 Å². The lowest BCUT2D eigenvalue weighted by atomic mass is 10.1. The lowest BCUT2D eigenvalue weighted by Crippen LogP contribution is -2.44. The van der Waals surface area contributed by atoms with Crippen LogP contribution in [0.25, 0.3) is 11.1 Å². The van der Waals surface area contributed by atoms with Crippen molar-refractivity contribution in [3.63, 3.8) is 0 Å². The first kappa shape index (κ1) is 25.1. The number of thioether (sulfide) groups is 1. The van der Waals surface area contributed by atoms with Crippen LogP contribution < -0.4 is 4.72 Å². The summed E-state index contributed by atoms with van der Waals surface area (Å²) in [7, 11) is -4.15. The minimum atomic E-state index is -4.15. The van der Waals surface area contributed by atoms with Crippen LogP contribution in [0.15, 0.2) is 112 Å². The fourth-order valence-electron chi connectivity index (χ4n) is 3.38. The molecule has 178 valence electrons. The molecule has 1 heterocycles. The Morgan fingerprint density at radius 2 is 1.43 bits per heavy atom. The molecule has 0 bridgehead atoms. The topological polar surface area (TPSA) is 109 Å². The SMILES string of the molecule is O=C(O)[C@H](NS(=O)(=O)c1ccc(-c2ccc(Br)cc2)cc1)[C@H](Sc1ncccn1)c1ccccc1. The minimum Gasteiger partial charge on any atom is -0.480 e. The normalized spacial score (nSPS) is 13.2. The maximum absolute atomic E-state index is 13.2. The van der Waals surface area contributed by atoms with Crippen LogP contribution >= 0.6 is 27.7 Å². The largest absolute Gasteiger partial charge is 0.480 e. The third kappa shape index (κ3) is 6.34. The number of hydrogen-bond acceptors (Lipinski definition) is 6. The quantitative estimate of drug-likeness (QED) is 0.211. The van der Waals surface area contributed by atoms with E-state index in [2.05, 4.69) is 30.6 Å². The second-order valence-corrected chi connectivity index (χ2v) is 11.2. The highest BCUT2D eigenvalue weighted by Gasteiger charge is 2.35. The highest BCUT2D eigenvalue weighted by Crippen LogP contribution is 2.37. The third-order valence-electron chi connectivity index (χ3n) is 5.10. The van der Waals surface area contributed by atoms with E-state index in [1.807, 2.05) is 24.3 Å². The molecular formula is C25H20BrN3O4S2. The molecule has 0 saturated carbocycles. The van der Waals surface area contributed by atoms with E-state index in [0.717, 1.165) is 27.4 Å². The molecule has 7 nitrogen and oxygen atoms in total. The van der Waals surface area contributed by atoms with Gasteiger partial charge < -0.3 is 5.11 Å². The van der Waals surface area contributed by atoms with Crippen molar-refractivity contribution in [3.05, 3.63) is 107 Å². The fraction of sp³-hybridized carbons (Fsp3) is 0.0800. The highest BCUT2D eigenvalue weighted by atomic mass is 79.9. The van der Waals surface area contributed by atoms with E-state index >= 15 is 0 Å². The van der Waals surface area contributed by atoms with Crippen LogP contribution in [-0.2, 0) is 14.8 Å². The molecule has 0 radical (unpaired) electrons. The van der Waals surface area contributed by atoms with Gasteiger partial charge in [-0.2, -0.15) is 4.72 Å². The first-order chi connectivity index (χ1) is 16.8. The van der Waals surface area contributed by atoms with Gasteiger partial charge in [0.15, 0.2) is 5.16 Å². The molecule has 0 amide bonds. The summed E-state index contributed by atoms with van der Waals surface area (Å²) >= 11 is 4.48. The number of carboxylic acid groups (broad SMARTS) is 1. The fourth-order valence-corrected chi connectivity index (χ4v) is 6.01. The maximum atomic E-state index is 13.2. The first-order valence-corrected chi connectivity index (χ1v) is 13.6. The summed E-state index contributed by atoms with van der Waals surface area (Å²) in [6.07, 6.45) is 3.09. The van der Waals surface area contributed by atoms with Gasteiger partial charge in [-0.15, -0.1) is 0 Å². The predicted molar refractivity (Wildman–Crippen MR) is 138 cm³/mol. The van der Waals surface area contributed by atoms with Crippen molar-refractivity contribution in [3.8, 4) is 11.1 Å². The average Bonchev–Trinajstić information content (AvgIpc) is 2.88. The van der Waals surface area contributed by atoms with Crippen molar-refractivity contribution in [1.82, 2.24) is 14.7 Å². The number of rotatable bonds is 9. The minimum absolute atomic E-state index is 0.0302. The van der Waals surface area contributed by atoms with Gasteiger partial charge in [0.25, 0.3) is 0 Å². The molecule has 2 atom stereocenters. The Morgan fingerprint density at radius 3 is 2.00 bits per heavy atom. The molecular weight excluding hydrogens is 550 g/mol. The number of carboxylic acids is 1. The van der Waals surface area contributed by atoms with Crippen molar-refractivity contribution in [2.45, 2.75) is 21.3 Å². The van der Waals surface area contributed by atoms with E-state index < -0.39 is 27.3 Å². The molecule has 0 fully saturated rings. The first-order valence-electron chi connectivity index (χ1n) is 10.4. The molecule has 0 aliphatic rings. The number of nitrogens with zero attached hydrogens (tertiary/aromatic N) is 2. The van der Waals surface area contributed by atoms with Crippen molar-refractivity contribution >= 4 is 43.7 Å². The lowest BCUT2D eigenvalue weighted by molar-refractivity contribution is -0.139. The molecule has 0 aliphatic heterocycles. The molecule has 4 rings (SSSR count). The molecule has 10 heteroatoms. The number of carbonyl (C=O) groups is 1. The summed E-state index contributed by atoms with van der Waals surface area (Å²) in [6, 6.07) is 22.9. The Labute approximate surface area is 215 Å². The van der Waals surface area contributed by atoms with Gasteiger partial charge in [-0.3, -0.25) is 4.79 Å². The predicted octanol–water partition coefficient (Wildman–Crippen LogP) is 5.17. The van der Waals surface area contributed by atoms with E-state index in [1.165, 1.54) is 12.1 Å². The van der Waals surface area contributed by atoms with Gasteiger partial charge in [-0.25, -0.2) is 18.4 Å². The molecule has 0 spiro atoms. The van der Waals surface area contributed by atoms with Gasteiger partial charge in [-0.1, -0.05) is 82.3 Å². The van der Waals surface area contributed by atoms with Crippen LogP contribution in [0.2, 0.25) is 0 Å². The molecule has 1 aromatic heterocycles. The number of sulfonamides is 1. The summed E-state index contributed by atoms with van der Waals surface area (Å²) < 4.78 is 29.7.